The molecule has 2 rings (SSSR count). The number of hydrogen-bond donors (Lipinski definition) is 2. The molecule has 0 spiro atoms. The molecule has 3 nitrogen and oxygen atoms in total. The van der Waals surface area contributed by atoms with Gasteiger partial charge >= 0.3 is 12.4 Å². The summed E-state index contributed by atoms with van der Waals surface area (Å²) in [6.45, 7) is -1.70. The minimum absolute atomic E-state index is 0.0743. The molecule has 1 amide bonds. The van der Waals surface area contributed by atoms with Crippen LogP contribution in [0.1, 0.15) is 27.4 Å². The highest BCUT2D eigenvalue weighted by Gasteiger charge is 2.39. The Morgan fingerprint density at radius 2 is 1.66 bits per heavy atom. The number of rotatable bonds is 7. The minimum Gasteiger partial charge on any atom is -0.369 e. The highest BCUT2D eigenvalue weighted by atomic mass is 79.9. The van der Waals surface area contributed by atoms with Gasteiger partial charge in [0.25, 0.3) is 5.91 Å². The van der Waals surface area contributed by atoms with Crippen molar-refractivity contribution >= 4 is 68.3 Å². The van der Waals surface area contributed by atoms with E-state index in [0.29, 0.717) is 0 Å². The van der Waals surface area contributed by atoms with Crippen molar-refractivity contribution in [2.24, 2.45) is 0 Å². The van der Waals surface area contributed by atoms with Gasteiger partial charge in [-0.3, -0.25) is 4.79 Å². The van der Waals surface area contributed by atoms with E-state index in [4.69, 9.17) is 35.4 Å². The Hall–Kier alpha value is -1.89. The van der Waals surface area contributed by atoms with Crippen LogP contribution in [0.2, 0.25) is 10.0 Å². The molecule has 1 unspecified atom stereocenters. The van der Waals surface area contributed by atoms with Crippen molar-refractivity contribution in [2.45, 2.75) is 18.3 Å². The van der Waals surface area contributed by atoms with E-state index in [1.54, 1.807) is 0 Å². The van der Waals surface area contributed by atoms with Crippen LogP contribution in [-0.4, -0.2) is 36.3 Å². The molecule has 1 atom stereocenters. The fraction of sp³-hybridized carbons (Fsp3) is 0.238. The van der Waals surface area contributed by atoms with E-state index >= 15 is 0 Å². The lowest BCUT2D eigenvalue weighted by molar-refractivity contribution is -0.139. The van der Waals surface area contributed by atoms with E-state index in [1.807, 2.05) is 5.32 Å². The van der Waals surface area contributed by atoms with E-state index in [1.165, 1.54) is 18.2 Å². The Bertz CT molecular complexity index is 1120. The number of benzene rings is 2. The average Bonchev–Trinajstić information content (AvgIpc) is 2.73. The van der Waals surface area contributed by atoms with E-state index in [0.717, 1.165) is 24.3 Å². The predicted molar refractivity (Wildman–Crippen MR) is 127 cm³/mol. The lowest BCUT2D eigenvalue weighted by Gasteiger charge is -2.18. The molecule has 0 aromatic heterocycles. The van der Waals surface area contributed by atoms with Gasteiger partial charge in [0.15, 0.2) is 5.82 Å². The SMILES string of the molecule is O=C(NCC(=S)NCC(F)(F)F)c1ccc(/C=C/C(c2cc(Cl)c(F)c(Cl)c2)C(F)(F)F)cc1Br. The Morgan fingerprint density at radius 3 is 2.17 bits per heavy atom. The van der Waals surface area contributed by atoms with E-state index in [2.05, 4.69) is 21.2 Å². The summed E-state index contributed by atoms with van der Waals surface area (Å²) < 4.78 is 91.2. The van der Waals surface area contributed by atoms with Gasteiger partial charge in [0.1, 0.15) is 6.54 Å². The number of alkyl halides is 6. The smallest absolute Gasteiger partial charge is 0.369 e. The Morgan fingerprint density at radius 1 is 1.06 bits per heavy atom. The zero-order valence-corrected chi connectivity index (χ0v) is 21.0. The number of thiocarbonyl (C=S) groups is 1. The van der Waals surface area contributed by atoms with Gasteiger partial charge in [-0.1, -0.05) is 53.6 Å². The van der Waals surface area contributed by atoms with Crippen LogP contribution in [-0.2, 0) is 0 Å². The lowest BCUT2D eigenvalue weighted by Crippen LogP contribution is -2.39. The van der Waals surface area contributed by atoms with Crippen LogP contribution in [0.5, 0.6) is 0 Å². The largest absolute Gasteiger partial charge is 0.405 e. The Labute approximate surface area is 218 Å². The van der Waals surface area contributed by atoms with Crippen molar-refractivity contribution in [3.8, 4) is 0 Å². The lowest BCUT2D eigenvalue weighted by atomic mass is 9.97. The molecule has 0 fully saturated rings. The number of allylic oxidation sites excluding steroid dienone is 1. The summed E-state index contributed by atoms with van der Waals surface area (Å²) >= 11 is 19.1. The van der Waals surface area contributed by atoms with Gasteiger partial charge in [-0.2, -0.15) is 26.3 Å². The third kappa shape index (κ3) is 8.93. The summed E-state index contributed by atoms with van der Waals surface area (Å²) in [5.74, 6) is -3.85. The standard InChI is InChI=1S/C21H14BrCl2F7N2OS/c22-14-5-10(1-3-12(14)19(34)32-8-17(35)33-9-20(26,27)28)2-4-13(21(29,30)31)11-6-15(23)18(25)16(24)7-11/h1-7,13H,8-9H2,(H,32,34)(H,33,35)/b4-2+. The zero-order valence-electron chi connectivity index (χ0n) is 17.1. The van der Waals surface area contributed by atoms with Crippen molar-refractivity contribution in [3.05, 3.63) is 73.4 Å². The maximum atomic E-state index is 13.6. The van der Waals surface area contributed by atoms with Crippen LogP contribution in [0, 0.1) is 5.82 Å². The average molecular weight is 626 g/mol. The molecule has 0 aliphatic rings. The van der Waals surface area contributed by atoms with Crippen LogP contribution in [0.3, 0.4) is 0 Å². The third-order valence-electron chi connectivity index (χ3n) is 4.33. The van der Waals surface area contributed by atoms with Gasteiger partial charge in [0.2, 0.25) is 0 Å². The first kappa shape index (κ1) is 29.3. The molecule has 0 aliphatic heterocycles. The van der Waals surface area contributed by atoms with Gasteiger partial charge in [0, 0.05) is 4.47 Å². The van der Waals surface area contributed by atoms with Gasteiger partial charge in [-0.25, -0.2) is 4.39 Å². The monoisotopic (exact) mass is 624 g/mol. The second kappa shape index (κ2) is 11.9. The number of carbonyl (C=O) groups excluding carboxylic acids is 1. The zero-order chi connectivity index (χ0) is 26.6. The fourth-order valence-electron chi connectivity index (χ4n) is 2.71. The van der Waals surface area contributed by atoms with Crippen LogP contribution in [0.4, 0.5) is 30.7 Å². The maximum absolute atomic E-state index is 13.6. The van der Waals surface area contributed by atoms with E-state index in [-0.39, 0.29) is 32.7 Å². The maximum Gasteiger partial charge on any atom is 0.405 e. The molecule has 0 saturated heterocycles. The number of amides is 1. The molecule has 0 aliphatic carbocycles. The highest BCUT2D eigenvalue weighted by molar-refractivity contribution is 9.10. The molecule has 2 aromatic carbocycles. The van der Waals surface area contributed by atoms with Gasteiger partial charge in [-0.05, 0) is 51.3 Å². The van der Waals surface area contributed by atoms with E-state index < -0.39 is 46.6 Å². The van der Waals surface area contributed by atoms with Crippen molar-refractivity contribution in [1.29, 1.82) is 0 Å². The summed E-state index contributed by atoms with van der Waals surface area (Å²) in [7, 11) is 0. The summed E-state index contributed by atoms with van der Waals surface area (Å²) in [6, 6.07) is 5.70. The van der Waals surface area contributed by atoms with Crippen LogP contribution in [0.25, 0.3) is 6.08 Å². The van der Waals surface area contributed by atoms with Crippen molar-refractivity contribution in [1.82, 2.24) is 10.6 Å². The first-order chi connectivity index (χ1) is 16.1. The molecular weight excluding hydrogens is 612 g/mol. The second-order valence-electron chi connectivity index (χ2n) is 6.99. The number of halogens is 10. The molecule has 14 heteroatoms. The summed E-state index contributed by atoms with van der Waals surface area (Å²) in [6.07, 6.45) is -7.24. The third-order valence-corrected chi connectivity index (χ3v) is 5.83. The summed E-state index contributed by atoms with van der Waals surface area (Å²) in [5, 5.41) is 3.19. The van der Waals surface area contributed by atoms with Crippen molar-refractivity contribution in [2.75, 3.05) is 13.1 Å². The van der Waals surface area contributed by atoms with Crippen LogP contribution in [0.15, 0.2) is 40.9 Å². The first-order valence-corrected chi connectivity index (χ1v) is 11.3. The molecule has 0 heterocycles. The van der Waals surface area contributed by atoms with Crippen molar-refractivity contribution in [3.63, 3.8) is 0 Å². The normalized spacial score (nSPS) is 13.1. The number of carbonyl (C=O) groups is 1. The van der Waals surface area contributed by atoms with Gasteiger partial charge in [-0.15, -0.1) is 0 Å². The molecule has 0 bridgehead atoms. The Kier molecular flexibility index (Phi) is 9.97. The predicted octanol–water partition coefficient (Wildman–Crippen LogP) is 7.46. The molecule has 0 saturated carbocycles. The molecular formula is C21H14BrCl2F7N2OS. The van der Waals surface area contributed by atoms with E-state index in [9.17, 15) is 35.5 Å². The first-order valence-electron chi connectivity index (χ1n) is 9.39. The molecule has 190 valence electrons. The fourth-order valence-corrected chi connectivity index (χ4v) is 3.93. The summed E-state index contributed by atoms with van der Waals surface area (Å²) in [4.78, 5) is 12.1. The van der Waals surface area contributed by atoms with Gasteiger partial charge in [0.05, 0.1) is 33.1 Å². The molecule has 2 aromatic rings. The quantitative estimate of drug-likeness (QED) is 0.191. The number of hydrogen-bond acceptors (Lipinski definition) is 2. The molecule has 35 heavy (non-hydrogen) atoms. The minimum atomic E-state index is -4.74. The second-order valence-corrected chi connectivity index (χ2v) is 9.15. The topological polar surface area (TPSA) is 41.1 Å². The van der Waals surface area contributed by atoms with Crippen LogP contribution < -0.4 is 10.6 Å². The Balaban J connectivity index is 2.15. The van der Waals surface area contributed by atoms with Gasteiger partial charge < -0.3 is 10.6 Å². The highest BCUT2D eigenvalue weighted by Crippen LogP contribution is 2.39. The molecule has 2 N–H and O–H groups in total. The van der Waals surface area contributed by atoms with Crippen LogP contribution >= 0.6 is 51.3 Å². The molecule has 0 radical (unpaired) electrons. The summed E-state index contributed by atoms with van der Waals surface area (Å²) in [5.41, 5.74) is -0.00935. The van der Waals surface area contributed by atoms with Crippen molar-refractivity contribution < 1.29 is 35.5 Å². The number of nitrogens with one attached hydrogen (secondary N) is 2.